The van der Waals surface area contributed by atoms with E-state index in [4.69, 9.17) is 9.47 Å². The molecule has 7 nitrogen and oxygen atoms in total. The maximum atomic E-state index is 12.6. The van der Waals surface area contributed by atoms with Crippen molar-refractivity contribution in [3.8, 4) is 11.5 Å². The van der Waals surface area contributed by atoms with Crippen molar-refractivity contribution in [3.05, 3.63) is 27.1 Å². The molecule has 9 heteroatoms. The number of amides is 2. The van der Waals surface area contributed by atoms with Gasteiger partial charge in [-0.25, -0.2) is 4.79 Å². The summed E-state index contributed by atoms with van der Waals surface area (Å²) in [5.74, 6) is -0.0853. The van der Waals surface area contributed by atoms with Crippen LogP contribution in [0.4, 0.5) is 4.79 Å². The molecule has 0 saturated carbocycles. The molecule has 1 fully saturated rings. The minimum atomic E-state index is -0.987. The Hall–Kier alpha value is -2.00. The van der Waals surface area contributed by atoms with Gasteiger partial charge >= 0.3 is 5.97 Å². The van der Waals surface area contributed by atoms with Crippen molar-refractivity contribution in [1.82, 2.24) is 4.90 Å². The number of ether oxygens (including phenoxy) is 3. The van der Waals surface area contributed by atoms with Gasteiger partial charge in [-0.3, -0.25) is 14.5 Å². The predicted octanol–water partition coefficient (Wildman–Crippen LogP) is 3.84. The van der Waals surface area contributed by atoms with E-state index in [0.717, 1.165) is 16.7 Å². The third-order valence-corrected chi connectivity index (χ3v) is 5.14. The number of imide groups is 1. The molecular formula is C18H20BrNO6S. The molecule has 0 aliphatic carbocycles. The molecule has 1 aliphatic heterocycles. The van der Waals surface area contributed by atoms with E-state index in [1.54, 1.807) is 18.2 Å². The standard InChI is InChI=1S/C18H20BrNO6S/c1-5-25-13-8-11(7-12(19)15(13)26-6-2)9-14-16(21)20(18(23)27-14)10(3)17(22)24-4/h7-10H,5-6H2,1-4H3/b14-9+/t10-/m0/s1. The van der Waals surface area contributed by atoms with E-state index in [2.05, 4.69) is 20.7 Å². The molecule has 1 atom stereocenters. The van der Waals surface area contributed by atoms with Crippen LogP contribution in [0.15, 0.2) is 21.5 Å². The number of thioether (sulfide) groups is 1. The van der Waals surface area contributed by atoms with Gasteiger partial charge in [0.2, 0.25) is 0 Å². The fourth-order valence-electron chi connectivity index (χ4n) is 2.46. The smallest absolute Gasteiger partial charge is 0.328 e. The number of nitrogens with zero attached hydrogens (tertiary/aromatic N) is 1. The van der Waals surface area contributed by atoms with Gasteiger partial charge in [0.05, 0.1) is 29.7 Å². The molecule has 146 valence electrons. The lowest BCUT2D eigenvalue weighted by molar-refractivity contribution is -0.148. The largest absolute Gasteiger partial charge is 0.490 e. The number of hydrogen-bond acceptors (Lipinski definition) is 7. The van der Waals surface area contributed by atoms with E-state index in [1.165, 1.54) is 14.0 Å². The Morgan fingerprint density at radius 1 is 1.26 bits per heavy atom. The second-order valence-electron chi connectivity index (χ2n) is 5.45. The molecule has 0 aromatic heterocycles. The van der Waals surface area contributed by atoms with Gasteiger partial charge in [0.25, 0.3) is 11.1 Å². The second kappa shape index (κ2) is 9.27. The molecule has 27 heavy (non-hydrogen) atoms. The maximum absolute atomic E-state index is 12.6. The Morgan fingerprint density at radius 3 is 2.52 bits per heavy atom. The summed E-state index contributed by atoms with van der Waals surface area (Å²) < 4.78 is 16.5. The van der Waals surface area contributed by atoms with Crippen molar-refractivity contribution in [1.29, 1.82) is 0 Å². The minimum absolute atomic E-state index is 0.217. The lowest BCUT2D eigenvalue weighted by Crippen LogP contribution is -2.42. The number of benzene rings is 1. The number of rotatable bonds is 7. The van der Waals surface area contributed by atoms with Crippen LogP contribution in [0.25, 0.3) is 6.08 Å². The summed E-state index contributed by atoms with van der Waals surface area (Å²) in [5, 5.41) is -0.515. The highest BCUT2D eigenvalue weighted by Crippen LogP contribution is 2.39. The second-order valence-corrected chi connectivity index (χ2v) is 7.29. The lowest BCUT2D eigenvalue weighted by atomic mass is 10.1. The summed E-state index contributed by atoms with van der Waals surface area (Å²) in [7, 11) is 1.21. The first-order valence-corrected chi connectivity index (χ1v) is 9.88. The van der Waals surface area contributed by atoms with E-state index in [1.807, 2.05) is 13.8 Å². The molecule has 0 unspecified atom stereocenters. The highest BCUT2D eigenvalue weighted by Gasteiger charge is 2.41. The number of carbonyl (C=O) groups is 3. The molecule has 1 aromatic rings. The molecule has 0 radical (unpaired) electrons. The van der Waals surface area contributed by atoms with Crippen LogP contribution in [0.5, 0.6) is 11.5 Å². The van der Waals surface area contributed by atoms with E-state index in [0.29, 0.717) is 34.7 Å². The average molecular weight is 458 g/mol. The zero-order valence-corrected chi connectivity index (χ0v) is 17.8. The van der Waals surface area contributed by atoms with Gasteiger partial charge in [0, 0.05) is 0 Å². The summed E-state index contributed by atoms with van der Waals surface area (Å²) in [6, 6.07) is 2.52. The van der Waals surface area contributed by atoms with E-state index in [9.17, 15) is 14.4 Å². The zero-order valence-electron chi connectivity index (χ0n) is 15.4. The Balaban J connectivity index is 2.37. The fraction of sp³-hybridized carbons (Fsp3) is 0.389. The van der Waals surface area contributed by atoms with Gasteiger partial charge in [0.15, 0.2) is 11.5 Å². The van der Waals surface area contributed by atoms with Crippen molar-refractivity contribution in [2.45, 2.75) is 26.8 Å². The third-order valence-electron chi connectivity index (χ3n) is 3.67. The van der Waals surface area contributed by atoms with Gasteiger partial charge in [-0.15, -0.1) is 0 Å². The van der Waals surface area contributed by atoms with Gasteiger partial charge in [-0.2, -0.15) is 0 Å². The summed E-state index contributed by atoms with van der Waals surface area (Å²) in [6.45, 7) is 6.10. The van der Waals surface area contributed by atoms with Crippen LogP contribution in [0.1, 0.15) is 26.3 Å². The average Bonchev–Trinajstić information content (AvgIpc) is 2.90. The molecule has 1 saturated heterocycles. The summed E-state index contributed by atoms with van der Waals surface area (Å²) in [5.41, 5.74) is 0.657. The Morgan fingerprint density at radius 2 is 1.93 bits per heavy atom. The monoisotopic (exact) mass is 457 g/mol. The van der Waals surface area contributed by atoms with Crippen LogP contribution in [0.3, 0.4) is 0 Å². The number of halogens is 1. The third kappa shape index (κ3) is 4.65. The molecular weight excluding hydrogens is 438 g/mol. The summed E-state index contributed by atoms with van der Waals surface area (Å²) in [6.07, 6.45) is 1.58. The molecule has 0 bridgehead atoms. The van der Waals surface area contributed by atoms with Crippen LogP contribution in [0, 0.1) is 0 Å². The Kier molecular flexibility index (Phi) is 7.32. The molecule has 2 amide bonds. The van der Waals surface area contributed by atoms with E-state index >= 15 is 0 Å². The van der Waals surface area contributed by atoms with Gasteiger partial charge < -0.3 is 14.2 Å². The van der Waals surface area contributed by atoms with Gasteiger partial charge in [0.1, 0.15) is 6.04 Å². The summed E-state index contributed by atoms with van der Waals surface area (Å²) in [4.78, 5) is 37.6. The van der Waals surface area contributed by atoms with Crippen molar-refractivity contribution in [2.24, 2.45) is 0 Å². The van der Waals surface area contributed by atoms with Crippen LogP contribution in [0.2, 0.25) is 0 Å². The van der Waals surface area contributed by atoms with Gasteiger partial charge in [-0.1, -0.05) is 0 Å². The van der Waals surface area contributed by atoms with Crippen molar-refractivity contribution in [2.75, 3.05) is 20.3 Å². The fourth-order valence-corrected chi connectivity index (χ4v) is 3.94. The quantitative estimate of drug-likeness (QED) is 0.454. The van der Waals surface area contributed by atoms with Gasteiger partial charge in [-0.05, 0) is 72.2 Å². The molecule has 2 rings (SSSR count). The van der Waals surface area contributed by atoms with Crippen LogP contribution in [-0.2, 0) is 14.3 Å². The molecule has 0 spiro atoms. The highest BCUT2D eigenvalue weighted by atomic mass is 79.9. The number of hydrogen-bond donors (Lipinski definition) is 0. The molecule has 1 aromatic carbocycles. The maximum Gasteiger partial charge on any atom is 0.328 e. The van der Waals surface area contributed by atoms with E-state index in [-0.39, 0.29) is 4.91 Å². The summed E-state index contributed by atoms with van der Waals surface area (Å²) >= 11 is 4.22. The van der Waals surface area contributed by atoms with Crippen molar-refractivity contribution >= 4 is 50.9 Å². The van der Waals surface area contributed by atoms with Crippen LogP contribution in [-0.4, -0.2) is 48.4 Å². The highest BCUT2D eigenvalue weighted by molar-refractivity contribution is 9.10. The zero-order chi connectivity index (χ0) is 20.1. The first-order valence-electron chi connectivity index (χ1n) is 8.28. The first kappa shape index (κ1) is 21.3. The van der Waals surface area contributed by atoms with Crippen LogP contribution >= 0.6 is 27.7 Å². The molecule has 1 heterocycles. The van der Waals surface area contributed by atoms with E-state index < -0.39 is 23.2 Å². The first-order chi connectivity index (χ1) is 12.8. The normalized spacial score (nSPS) is 16.6. The molecule has 0 N–H and O–H groups in total. The predicted molar refractivity (Wildman–Crippen MR) is 106 cm³/mol. The SMILES string of the molecule is CCOc1cc(/C=C2/SC(=O)N([C@@H](C)C(=O)OC)C2=O)cc(Br)c1OCC. The number of methoxy groups -OCH3 is 1. The topological polar surface area (TPSA) is 82.1 Å². The van der Waals surface area contributed by atoms with Crippen molar-refractivity contribution in [3.63, 3.8) is 0 Å². The Labute approximate surface area is 170 Å². The van der Waals surface area contributed by atoms with Crippen LogP contribution < -0.4 is 9.47 Å². The Bertz CT molecular complexity index is 794. The number of carbonyl (C=O) groups excluding carboxylic acids is 3. The van der Waals surface area contributed by atoms with Crippen molar-refractivity contribution < 1.29 is 28.6 Å². The molecule has 1 aliphatic rings. The minimum Gasteiger partial charge on any atom is -0.490 e. The number of esters is 1. The lowest BCUT2D eigenvalue weighted by Gasteiger charge is -2.18.